The second kappa shape index (κ2) is 17.2. The summed E-state index contributed by atoms with van der Waals surface area (Å²) in [5.41, 5.74) is 0. The molecule has 0 aliphatic heterocycles. The Balaban J connectivity index is 3.77. The third-order valence-corrected chi connectivity index (χ3v) is 3.70. The van der Waals surface area contributed by atoms with E-state index in [1.165, 1.54) is 0 Å². The number of rotatable bonds is 16. The lowest BCUT2D eigenvalue weighted by molar-refractivity contribution is -0.138. The summed E-state index contributed by atoms with van der Waals surface area (Å²) in [5, 5.41) is 36.4. The molecule has 0 saturated carbocycles. The molecule has 152 valence electrons. The maximum Gasteiger partial charge on any atom is 0.303 e. The van der Waals surface area contributed by atoms with Gasteiger partial charge in [0.05, 0.1) is 12.2 Å². The molecule has 0 aromatic carbocycles. The van der Waals surface area contributed by atoms with Crippen LogP contribution in [-0.4, -0.2) is 44.6 Å². The molecular weight excluding hydrogens is 348 g/mol. The molecule has 0 aliphatic rings. The fourth-order valence-electron chi connectivity index (χ4n) is 2.22. The number of allylic oxidation sites excluding steroid dienone is 5. The molecule has 0 unspecified atom stereocenters. The van der Waals surface area contributed by atoms with E-state index in [0.29, 0.717) is 25.7 Å². The van der Waals surface area contributed by atoms with Crippen molar-refractivity contribution in [2.75, 3.05) is 0 Å². The van der Waals surface area contributed by atoms with E-state index in [1.54, 1.807) is 36.5 Å². The first-order valence-electron chi connectivity index (χ1n) is 9.38. The number of unbranched alkanes of at least 4 members (excludes halogenated alkanes) is 3. The van der Waals surface area contributed by atoms with Crippen LogP contribution < -0.4 is 0 Å². The van der Waals surface area contributed by atoms with Gasteiger partial charge in [0.2, 0.25) is 0 Å². The molecule has 4 N–H and O–H groups in total. The summed E-state index contributed by atoms with van der Waals surface area (Å²) < 4.78 is 0. The van der Waals surface area contributed by atoms with Crippen molar-refractivity contribution in [1.82, 2.24) is 0 Å². The first kappa shape index (κ1) is 24.8. The van der Waals surface area contributed by atoms with E-state index in [0.717, 1.165) is 19.3 Å². The van der Waals surface area contributed by atoms with Crippen molar-refractivity contribution in [3.8, 4) is 0 Å². The second-order valence-corrected chi connectivity index (χ2v) is 6.28. The van der Waals surface area contributed by atoms with Gasteiger partial charge in [-0.3, -0.25) is 9.59 Å². The van der Waals surface area contributed by atoms with Crippen LogP contribution >= 0.6 is 0 Å². The Bertz CT molecular complexity index is 519. The Labute approximate surface area is 161 Å². The SMILES string of the molecule is O=C(O)CCCCC/C=C\C[C@H](O)/C=C/C=C/C=C\[C@H](O)CCCC(=O)O. The molecule has 6 heteroatoms. The average Bonchev–Trinajstić information content (AvgIpc) is 2.59. The third kappa shape index (κ3) is 20.0. The Morgan fingerprint density at radius 2 is 1.30 bits per heavy atom. The van der Waals surface area contributed by atoms with E-state index >= 15 is 0 Å². The highest BCUT2D eigenvalue weighted by Gasteiger charge is 2.01. The molecule has 0 amide bonds. The summed E-state index contributed by atoms with van der Waals surface area (Å²) in [7, 11) is 0. The van der Waals surface area contributed by atoms with Crippen molar-refractivity contribution in [2.24, 2.45) is 0 Å². The zero-order chi connectivity index (χ0) is 20.3. The number of aliphatic hydroxyl groups is 2. The molecular formula is C21H32O6. The van der Waals surface area contributed by atoms with Crippen LogP contribution in [0.4, 0.5) is 0 Å². The van der Waals surface area contributed by atoms with Gasteiger partial charge in [-0.05, 0) is 38.5 Å². The minimum Gasteiger partial charge on any atom is -0.481 e. The molecule has 27 heavy (non-hydrogen) atoms. The van der Waals surface area contributed by atoms with Crippen molar-refractivity contribution in [3.63, 3.8) is 0 Å². The number of aliphatic hydroxyl groups excluding tert-OH is 2. The van der Waals surface area contributed by atoms with Gasteiger partial charge >= 0.3 is 11.9 Å². The van der Waals surface area contributed by atoms with Gasteiger partial charge in [-0.2, -0.15) is 0 Å². The van der Waals surface area contributed by atoms with Crippen LogP contribution in [0.1, 0.15) is 57.8 Å². The summed E-state index contributed by atoms with van der Waals surface area (Å²) in [6.07, 6.45) is 18.0. The number of carboxylic acid groups (broad SMARTS) is 2. The van der Waals surface area contributed by atoms with Crippen LogP contribution in [0, 0.1) is 0 Å². The summed E-state index contributed by atoms with van der Waals surface area (Å²) in [6, 6.07) is 0. The van der Waals surface area contributed by atoms with Crippen molar-refractivity contribution >= 4 is 11.9 Å². The molecule has 0 spiro atoms. The van der Waals surface area contributed by atoms with Crippen molar-refractivity contribution < 1.29 is 30.0 Å². The average molecular weight is 380 g/mol. The maximum absolute atomic E-state index is 10.4. The molecule has 6 nitrogen and oxygen atoms in total. The largest absolute Gasteiger partial charge is 0.481 e. The second-order valence-electron chi connectivity index (χ2n) is 6.28. The molecule has 0 heterocycles. The summed E-state index contributed by atoms with van der Waals surface area (Å²) in [5.74, 6) is -1.61. The standard InChI is InChI=1S/C21H32O6/c22-18(12-7-3-1-2-4-10-16-20(24)25)13-8-5-6-9-14-19(23)15-11-17-21(26)27/h3,5-9,13-14,18-19,22-23H,1-2,4,10-12,15-17H2,(H,24,25)(H,26,27)/b6-5+,7-3-,13-8+,14-9-/t18-,19-/m0/s1. The first-order valence-corrected chi connectivity index (χ1v) is 9.38. The van der Waals surface area contributed by atoms with Crippen LogP contribution in [0.2, 0.25) is 0 Å². The maximum atomic E-state index is 10.4. The lowest BCUT2D eigenvalue weighted by Crippen LogP contribution is -2.03. The zero-order valence-corrected chi connectivity index (χ0v) is 15.7. The minimum atomic E-state index is -0.861. The number of carbonyl (C=O) groups is 2. The van der Waals surface area contributed by atoms with Gasteiger partial charge in [0, 0.05) is 12.8 Å². The Morgan fingerprint density at radius 1 is 0.704 bits per heavy atom. The smallest absolute Gasteiger partial charge is 0.303 e. The van der Waals surface area contributed by atoms with Crippen molar-refractivity contribution in [2.45, 2.75) is 70.0 Å². The molecule has 0 aliphatic carbocycles. The Kier molecular flexibility index (Phi) is 15.9. The highest BCUT2D eigenvalue weighted by molar-refractivity contribution is 5.66. The van der Waals surface area contributed by atoms with Gasteiger partial charge in [-0.25, -0.2) is 0 Å². The Morgan fingerprint density at radius 3 is 1.93 bits per heavy atom. The first-order chi connectivity index (χ1) is 12.9. The lowest BCUT2D eigenvalue weighted by atomic mass is 10.1. The van der Waals surface area contributed by atoms with Crippen LogP contribution in [0.25, 0.3) is 0 Å². The minimum absolute atomic E-state index is 0.0561. The topological polar surface area (TPSA) is 115 Å². The predicted octanol–water partition coefficient (Wildman–Crippen LogP) is 3.61. The van der Waals surface area contributed by atoms with Gasteiger partial charge in [0.25, 0.3) is 0 Å². The van der Waals surface area contributed by atoms with E-state index in [9.17, 15) is 19.8 Å². The fraction of sp³-hybridized carbons (Fsp3) is 0.524. The van der Waals surface area contributed by atoms with Gasteiger partial charge < -0.3 is 20.4 Å². The van der Waals surface area contributed by atoms with Gasteiger partial charge in [-0.1, -0.05) is 55.0 Å². The molecule has 0 fully saturated rings. The molecule has 0 aromatic heterocycles. The number of hydrogen-bond donors (Lipinski definition) is 4. The monoisotopic (exact) mass is 380 g/mol. The Hall–Kier alpha value is -2.18. The van der Waals surface area contributed by atoms with Crippen molar-refractivity contribution in [1.29, 1.82) is 0 Å². The molecule has 0 rings (SSSR count). The van der Waals surface area contributed by atoms with E-state index in [4.69, 9.17) is 10.2 Å². The van der Waals surface area contributed by atoms with E-state index < -0.39 is 24.1 Å². The fourth-order valence-corrected chi connectivity index (χ4v) is 2.22. The zero-order valence-electron chi connectivity index (χ0n) is 15.7. The van der Waals surface area contributed by atoms with Crippen LogP contribution in [0.15, 0.2) is 48.6 Å². The molecule has 0 aromatic rings. The quantitative estimate of drug-likeness (QED) is 0.185. The third-order valence-electron chi connectivity index (χ3n) is 3.70. The highest BCUT2D eigenvalue weighted by atomic mass is 16.4. The normalized spacial score (nSPS) is 14.6. The molecule has 2 atom stereocenters. The van der Waals surface area contributed by atoms with E-state index in [2.05, 4.69) is 0 Å². The highest BCUT2D eigenvalue weighted by Crippen LogP contribution is 2.05. The lowest BCUT2D eigenvalue weighted by Gasteiger charge is -2.02. The van der Waals surface area contributed by atoms with Gasteiger partial charge in [0.1, 0.15) is 0 Å². The number of hydrogen-bond acceptors (Lipinski definition) is 4. The molecule has 0 bridgehead atoms. The van der Waals surface area contributed by atoms with Gasteiger partial charge in [-0.15, -0.1) is 0 Å². The van der Waals surface area contributed by atoms with E-state index in [1.807, 2.05) is 12.2 Å². The van der Waals surface area contributed by atoms with Crippen LogP contribution in [0.3, 0.4) is 0 Å². The molecule has 0 radical (unpaired) electrons. The van der Waals surface area contributed by atoms with Crippen molar-refractivity contribution in [3.05, 3.63) is 48.6 Å². The predicted molar refractivity (Wildman–Crippen MR) is 105 cm³/mol. The van der Waals surface area contributed by atoms with Crippen LogP contribution in [0.5, 0.6) is 0 Å². The summed E-state index contributed by atoms with van der Waals surface area (Å²) in [4.78, 5) is 20.7. The van der Waals surface area contributed by atoms with Crippen LogP contribution in [-0.2, 0) is 9.59 Å². The summed E-state index contributed by atoms with van der Waals surface area (Å²) in [6.45, 7) is 0. The van der Waals surface area contributed by atoms with Gasteiger partial charge in [0.15, 0.2) is 0 Å². The number of aliphatic carboxylic acids is 2. The summed E-state index contributed by atoms with van der Waals surface area (Å²) >= 11 is 0. The van der Waals surface area contributed by atoms with E-state index in [-0.39, 0.29) is 12.8 Å². The number of carboxylic acids is 2. The molecule has 0 saturated heterocycles.